The number of benzene rings is 1. The molecule has 1 aromatic rings. The van der Waals surface area contributed by atoms with Crippen molar-refractivity contribution < 1.29 is 14.4 Å². The molecule has 1 saturated heterocycles. The number of primary amides is 1. The van der Waals surface area contributed by atoms with E-state index < -0.39 is 11.4 Å². The number of rotatable bonds is 2. The van der Waals surface area contributed by atoms with Gasteiger partial charge >= 0.3 is 6.03 Å². The van der Waals surface area contributed by atoms with E-state index in [0.717, 1.165) is 0 Å². The molecule has 0 unspecified atom stereocenters. The van der Waals surface area contributed by atoms with Crippen LogP contribution >= 0.6 is 0 Å². The maximum absolute atomic E-state index is 12.5. The SMILES string of the molecule is CC(C)(C)C(=O)N1CCN(C(=O)c2ccc(NC(N)=O)cc2)CC1. The molecule has 0 atom stereocenters. The fraction of sp³-hybridized carbons (Fsp3) is 0.471. The van der Waals surface area contributed by atoms with Crippen molar-refractivity contribution in [3.8, 4) is 0 Å². The minimum atomic E-state index is -0.645. The number of urea groups is 1. The molecule has 1 fully saturated rings. The van der Waals surface area contributed by atoms with E-state index in [0.29, 0.717) is 37.4 Å². The summed E-state index contributed by atoms with van der Waals surface area (Å²) in [6, 6.07) is 5.93. The van der Waals surface area contributed by atoms with Gasteiger partial charge in [-0.2, -0.15) is 0 Å². The molecular formula is C17H24N4O3. The summed E-state index contributed by atoms with van der Waals surface area (Å²) in [4.78, 5) is 39.1. The Morgan fingerprint density at radius 2 is 1.46 bits per heavy atom. The van der Waals surface area contributed by atoms with Crippen molar-refractivity contribution in [1.82, 2.24) is 9.80 Å². The molecule has 1 aliphatic rings. The zero-order valence-corrected chi connectivity index (χ0v) is 14.3. The van der Waals surface area contributed by atoms with Gasteiger partial charge in [0.05, 0.1) is 0 Å². The molecule has 24 heavy (non-hydrogen) atoms. The summed E-state index contributed by atoms with van der Waals surface area (Å²) in [5.41, 5.74) is 5.73. The smallest absolute Gasteiger partial charge is 0.316 e. The Bertz CT molecular complexity index is 626. The average molecular weight is 332 g/mol. The van der Waals surface area contributed by atoms with Crippen LogP contribution in [0, 0.1) is 5.41 Å². The molecule has 7 heteroatoms. The average Bonchev–Trinajstić information content (AvgIpc) is 2.53. The Balaban J connectivity index is 1.95. The lowest BCUT2D eigenvalue weighted by Crippen LogP contribution is -2.53. The van der Waals surface area contributed by atoms with Crippen molar-refractivity contribution in [1.29, 1.82) is 0 Å². The second-order valence-corrected chi connectivity index (χ2v) is 6.90. The molecule has 1 aromatic carbocycles. The standard InChI is InChI=1S/C17H24N4O3/c1-17(2,3)15(23)21-10-8-20(9-11-21)14(22)12-4-6-13(7-5-12)19-16(18)24/h4-7H,8-11H2,1-3H3,(H3,18,19,24). The van der Waals surface area contributed by atoms with E-state index in [9.17, 15) is 14.4 Å². The highest BCUT2D eigenvalue weighted by Gasteiger charge is 2.31. The summed E-state index contributed by atoms with van der Waals surface area (Å²) in [6.07, 6.45) is 0. The van der Waals surface area contributed by atoms with Crippen LogP contribution < -0.4 is 11.1 Å². The number of nitrogens with zero attached hydrogens (tertiary/aromatic N) is 2. The van der Waals surface area contributed by atoms with Gasteiger partial charge in [0.1, 0.15) is 0 Å². The Morgan fingerprint density at radius 1 is 0.958 bits per heavy atom. The maximum atomic E-state index is 12.5. The van der Waals surface area contributed by atoms with E-state index in [4.69, 9.17) is 5.73 Å². The minimum Gasteiger partial charge on any atom is -0.351 e. The zero-order chi connectivity index (χ0) is 17.9. The fourth-order valence-electron chi connectivity index (χ4n) is 2.61. The third-order valence-electron chi connectivity index (χ3n) is 3.90. The van der Waals surface area contributed by atoms with E-state index in [1.54, 1.807) is 29.2 Å². The first kappa shape index (κ1) is 17.8. The molecule has 0 spiro atoms. The van der Waals surface area contributed by atoms with Crippen LogP contribution in [0.1, 0.15) is 31.1 Å². The highest BCUT2D eigenvalue weighted by molar-refractivity contribution is 5.95. The van der Waals surface area contributed by atoms with Crippen molar-refractivity contribution in [3.63, 3.8) is 0 Å². The Kier molecular flexibility index (Phi) is 5.11. The largest absolute Gasteiger partial charge is 0.351 e. The predicted octanol–water partition coefficient (Wildman–Crippen LogP) is 1.51. The van der Waals surface area contributed by atoms with E-state index in [1.165, 1.54) is 0 Å². The number of piperazine rings is 1. The van der Waals surface area contributed by atoms with Gasteiger partial charge in [0.25, 0.3) is 5.91 Å². The number of amides is 4. The number of nitrogens with one attached hydrogen (secondary N) is 1. The molecule has 7 nitrogen and oxygen atoms in total. The Morgan fingerprint density at radius 3 is 1.92 bits per heavy atom. The molecule has 0 aromatic heterocycles. The lowest BCUT2D eigenvalue weighted by molar-refractivity contribution is -0.140. The second kappa shape index (κ2) is 6.90. The molecule has 0 radical (unpaired) electrons. The summed E-state index contributed by atoms with van der Waals surface area (Å²) in [5, 5.41) is 2.45. The van der Waals surface area contributed by atoms with Gasteiger partial charge in [-0.3, -0.25) is 9.59 Å². The molecule has 1 heterocycles. The highest BCUT2D eigenvalue weighted by atomic mass is 16.2. The summed E-state index contributed by atoms with van der Waals surface area (Å²) >= 11 is 0. The summed E-state index contributed by atoms with van der Waals surface area (Å²) < 4.78 is 0. The van der Waals surface area contributed by atoms with Crippen LogP contribution in [0.5, 0.6) is 0 Å². The Labute approximate surface area is 141 Å². The normalized spacial score (nSPS) is 15.1. The first-order chi connectivity index (χ1) is 11.2. The van der Waals surface area contributed by atoms with Crippen molar-refractivity contribution in [2.75, 3.05) is 31.5 Å². The number of anilines is 1. The molecule has 130 valence electrons. The van der Waals surface area contributed by atoms with Crippen LogP contribution in [0.3, 0.4) is 0 Å². The van der Waals surface area contributed by atoms with Crippen LogP contribution in [-0.2, 0) is 4.79 Å². The van der Waals surface area contributed by atoms with Crippen LogP contribution in [0.25, 0.3) is 0 Å². The third-order valence-corrected chi connectivity index (χ3v) is 3.90. The Hall–Kier alpha value is -2.57. The number of carbonyl (C=O) groups is 3. The predicted molar refractivity (Wildman–Crippen MR) is 91.6 cm³/mol. The number of hydrogen-bond donors (Lipinski definition) is 2. The minimum absolute atomic E-state index is 0.0801. The fourth-order valence-corrected chi connectivity index (χ4v) is 2.61. The lowest BCUT2D eigenvalue weighted by Gasteiger charge is -2.37. The molecule has 0 aliphatic carbocycles. The molecule has 4 amide bonds. The summed E-state index contributed by atoms with van der Waals surface area (Å²) in [7, 11) is 0. The summed E-state index contributed by atoms with van der Waals surface area (Å²) in [6.45, 7) is 7.81. The maximum Gasteiger partial charge on any atom is 0.316 e. The van der Waals surface area contributed by atoms with E-state index in [1.807, 2.05) is 25.7 Å². The molecule has 1 aliphatic heterocycles. The summed E-state index contributed by atoms with van der Waals surface area (Å²) in [5.74, 6) is 0.0277. The van der Waals surface area contributed by atoms with Gasteiger partial charge in [0, 0.05) is 42.8 Å². The van der Waals surface area contributed by atoms with Crippen molar-refractivity contribution in [3.05, 3.63) is 29.8 Å². The quantitative estimate of drug-likeness (QED) is 0.859. The van der Waals surface area contributed by atoms with Gasteiger partial charge in [0.2, 0.25) is 5.91 Å². The molecule has 2 rings (SSSR count). The lowest BCUT2D eigenvalue weighted by atomic mass is 9.94. The number of nitrogens with two attached hydrogens (primary N) is 1. The number of hydrogen-bond acceptors (Lipinski definition) is 3. The van der Waals surface area contributed by atoms with Gasteiger partial charge in [-0.25, -0.2) is 4.79 Å². The van der Waals surface area contributed by atoms with Gasteiger partial charge in [0.15, 0.2) is 0 Å². The molecular weight excluding hydrogens is 308 g/mol. The van der Waals surface area contributed by atoms with Crippen LogP contribution in [0.4, 0.5) is 10.5 Å². The monoisotopic (exact) mass is 332 g/mol. The number of carbonyl (C=O) groups excluding carboxylic acids is 3. The molecule has 3 N–H and O–H groups in total. The first-order valence-corrected chi connectivity index (χ1v) is 7.93. The third kappa shape index (κ3) is 4.24. The first-order valence-electron chi connectivity index (χ1n) is 7.93. The van der Waals surface area contributed by atoms with Crippen LogP contribution in [0.2, 0.25) is 0 Å². The van der Waals surface area contributed by atoms with E-state index in [2.05, 4.69) is 5.32 Å². The van der Waals surface area contributed by atoms with Gasteiger partial charge in [-0.1, -0.05) is 20.8 Å². The van der Waals surface area contributed by atoms with Gasteiger partial charge < -0.3 is 20.9 Å². The molecule has 0 saturated carbocycles. The van der Waals surface area contributed by atoms with Gasteiger partial charge in [-0.05, 0) is 24.3 Å². The zero-order valence-electron chi connectivity index (χ0n) is 14.3. The topological polar surface area (TPSA) is 95.7 Å². The molecule has 0 bridgehead atoms. The van der Waals surface area contributed by atoms with E-state index >= 15 is 0 Å². The van der Waals surface area contributed by atoms with Gasteiger partial charge in [-0.15, -0.1) is 0 Å². The van der Waals surface area contributed by atoms with Crippen molar-refractivity contribution in [2.24, 2.45) is 11.1 Å². The van der Waals surface area contributed by atoms with Crippen LogP contribution in [-0.4, -0.2) is 53.8 Å². The second-order valence-electron chi connectivity index (χ2n) is 6.90. The van der Waals surface area contributed by atoms with Crippen LogP contribution in [0.15, 0.2) is 24.3 Å². The highest BCUT2D eigenvalue weighted by Crippen LogP contribution is 2.19. The van der Waals surface area contributed by atoms with Crippen molar-refractivity contribution >= 4 is 23.5 Å². The van der Waals surface area contributed by atoms with Crippen molar-refractivity contribution in [2.45, 2.75) is 20.8 Å². The van der Waals surface area contributed by atoms with E-state index in [-0.39, 0.29) is 11.8 Å².